The maximum absolute atomic E-state index is 14.9. The molecule has 0 spiro atoms. The lowest BCUT2D eigenvalue weighted by molar-refractivity contribution is -0.148. The molecule has 32 heteroatoms. The van der Waals surface area contributed by atoms with Crippen molar-refractivity contribution in [2.45, 2.75) is 164 Å². The summed E-state index contributed by atoms with van der Waals surface area (Å²) in [5, 5.41) is 76.1. The number of fused-ring (bicyclic) bond motifs is 1. The van der Waals surface area contributed by atoms with Gasteiger partial charge in [-0.05, 0) is 82.3 Å². The molecule has 2 saturated heterocycles. The number of benzene rings is 1. The molecule has 1 aromatic heterocycles. The summed E-state index contributed by atoms with van der Waals surface area (Å²) >= 11 is 0. The van der Waals surface area contributed by atoms with Crippen molar-refractivity contribution in [3.63, 3.8) is 0 Å². The van der Waals surface area contributed by atoms with Gasteiger partial charge in [-0.2, -0.15) is 0 Å². The first kappa shape index (κ1) is 69.0. The fourth-order valence-electron chi connectivity index (χ4n) is 9.79. The van der Waals surface area contributed by atoms with Crippen LogP contribution < -0.4 is 54.4 Å². The number of carbonyl (C=O) groups is 12. The second-order valence-corrected chi connectivity index (χ2v) is 21.3. The van der Waals surface area contributed by atoms with E-state index >= 15 is 0 Å². The van der Waals surface area contributed by atoms with Crippen molar-refractivity contribution in [3.8, 4) is 0 Å². The molecule has 20 N–H and O–H groups in total. The van der Waals surface area contributed by atoms with E-state index in [4.69, 9.17) is 22.3 Å². The zero-order chi connectivity index (χ0) is 63.2. The molecule has 470 valence electrons. The van der Waals surface area contributed by atoms with Crippen LogP contribution in [0.4, 0.5) is 0 Å². The molecule has 2 fully saturated rings. The Labute approximate surface area is 488 Å². The number of nitrogens with two attached hydrogens (primary N) is 3. The van der Waals surface area contributed by atoms with Crippen molar-refractivity contribution in [2.75, 3.05) is 32.8 Å². The Balaban J connectivity index is 1.55. The highest BCUT2D eigenvalue weighted by Crippen LogP contribution is 2.27. The summed E-state index contributed by atoms with van der Waals surface area (Å²) in [7, 11) is 0. The van der Waals surface area contributed by atoms with Gasteiger partial charge in [-0.1, -0.05) is 32.0 Å². The van der Waals surface area contributed by atoms with Crippen LogP contribution in [-0.4, -0.2) is 222 Å². The van der Waals surface area contributed by atoms with Gasteiger partial charge in [0.2, 0.25) is 53.2 Å². The van der Waals surface area contributed by atoms with Gasteiger partial charge in [0.1, 0.15) is 48.3 Å². The summed E-state index contributed by atoms with van der Waals surface area (Å²) in [6, 6.07) is -8.04. The maximum atomic E-state index is 14.9. The Morgan fingerprint density at radius 1 is 0.647 bits per heavy atom. The van der Waals surface area contributed by atoms with Crippen LogP contribution in [0.25, 0.3) is 10.9 Å². The molecular weight excluding hydrogens is 1120 g/mol. The van der Waals surface area contributed by atoms with E-state index in [1.165, 1.54) is 16.7 Å². The number of carbonyl (C=O) groups excluding carboxylic acids is 9. The minimum Gasteiger partial charge on any atom is -0.481 e. The fraction of sp³-hybridized carbons (Fsp3) is 0.604. The number of aliphatic hydroxyl groups excluding tert-OH is 3. The molecule has 85 heavy (non-hydrogen) atoms. The number of carboxylic acid groups (broad SMARTS) is 3. The molecule has 4 rings (SSSR count). The lowest BCUT2D eigenvalue weighted by Crippen LogP contribution is -2.61. The number of amides is 9. The number of aliphatic imine (C=N–C) groups is 1. The van der Waals surface area contributed by atoms with Crippen molar-refractivity contribution >= 4 is 87.9 Å². The highest BCUT2D eigenvalue weighted by molar-refractivity contribution is 5.99. The zero-order valence-electron chi connectivity index (χ0n) is 47.5. The normalized spacial score (nSPS) is 18.0. The SMILES string of the molecule is CC(C)C[C@H](NC(=O)[C@@H]1CCCN1C(=O)[C@@H]1CCCN1C(=O)[C@H](Cc1c[nH]c2ccccc12)NC(=O)[C@H](CO)NC(=O)[C@H](CO)NC(=O)[C@H](CCCN=C(N)N)NC(=O)[C@H](CCC(=O)O)NC(=O)[C@@H](N)CCC(=O)O)C(=O)N[C@H](C(=O)O)[C@@H](C)O. The van der Waals surface area contributed by atoms with E-state index in [0.717, 1.165) is 0 Å². The van der Waals surface area contributed by atoms with Crippen LogP contribution in [-0.2, 0) is 64.0 Å². The number of aromatic amines is 1. The molecule has 0 saturated carbocycles. The molecule has 0 bridgehead atoms. The highest BCUT2D eigenvalue weighted by Gasteiger charge is 2.45. The number of aromatic nitrogens is 1. The van der Waals surface area contributed by atoms with E-state index in [-0.39, 0.29) is 76.5 Å². The summed E-state index contributed by atoms with van der Waals surface area (Å²) in [6.45, 7) is 2.54. The first-order valence-corrected chi connectivity index (χ1v) is 27.8. The standard InChI is InChI=1S/C53H80N14O18/c1-26(2)21-34(46(78)65-42(27(3)70)52(84)85)61-49(81)38-12-7-19-66(38)51(83)39-13-8-20-67(39)50(82)35(22-28-23-58-31-10-5-4-9-29(28)31)62-47(79)36(24-68)64-48(80)37(25-69)63-44(76)32(11-6-18-57-53(55)56)60-45(77)33(15-17-41(73)74)59-43(75)30(54)14-16-40(71)72/h4-5,9-10,23,26-27,30,32-39,42,58,68-70H,6-8,11-22,24-25,54H2,1-3H3,(H,59,75)(H,60,77)(H,61,81)(H,62,79)(H,63,76)(H,64,80)(H,65,78)(H,71,72)(H,73,74)(H,84,85)(H4,55,56,57)/t27-,30+,32+,33+,34+,35+,36+,37+,38+,39+,42+/m1/s1. The molecule has 2 aromatic rings. The Hall–Kier alpha value is -8.49. The third kappa shape index (κ3) is 20.7. The molecule has 11 atom stereocenters. The number of carboxylic acids is 3. The molecule has 2 aliphatic rings. The second kappa shape index (κ2) is 33.1. The molecule has 0 unspecified atom stereocenters. The molecule has 32 nitrogen and oxygen atoms in total. The Morgan fingerprint density at radius 2 is 1.16 bits per heavy atom. The van der Waals surface area contributed by atoms with Crippen LogP contribution in [0.1, 0.15) is 97.0 Å². The number of hydrogen-bond acceptors (Lipinski definition) is 17. The fourth-order valence-corrected chi connectivity index (χ4v) is 9.79. The number of likely N-dealkylation sites (tertiary alicyclic amines) is 2. The monoisotopic (exact) mass is 1200 g/mol. The van der Waals surface area contributed by atoms with E-state index in [1.54, 1.807) is 44.3 Å². The summed E-state index contributed by atoms with van der Waals surface area (Å²) in [5.41, 5.74) is 17.9. The van der Waals surface area contributed by atoms with Crippen LogP contribution >= 0.6 is 0 Å². The van der Waals surface area contributed by atoms with E-state index < -0.39 is 170 Å². The topological polar surface area (TPSA) is 523 Å². The summed E-state index contributed by atoms with van der Waals surface area (Å²) in [6.07, 6.45) is -1.26. The minimum atomic E-state index is -1.89. The third-order valence-electron chi connectivity index (χ3n) is 14.3. The van der Waals surface area contributed by atoms with Crippen LogP contribution in [0, 0.1) is 5.92 Å². The Morgan fingerprint density at radius 3 is 1.73 bits per heavy atom. The zero-order valence-corrected chi connectivity index (χ0v) is 47.5. The summed E-state index contributed by atoms with van der Waals surface area (Å²) in [4.78, 5) is 169. The number of nitrogens with zero attached hydrogens (tertiary/aromatic N) is 3. The molecule has 9 amide bonds. The number of aliphatic carboxylic acids is 3. The van der Waals surface area contributed by atoms with Gasteiger partial charge in [0.25, 0.3) is 0 Å². The van der Waals surface area contributed by atoms with E-state index in [0.29, 0.717) is 29.3 Å². The van der Waals surface area contributed by atoms with Gasteiger partial charge in [-0.25, -0.2) is 4.79 Å². The highest BCUT2D eigenvalue weighted by atomic mass is 16.4. The first-order chi connectivity index (χ1) is 40.2. The quantitative estimate of drug-likeness (QED) is 0.0177. The van der Waals surface area contributed by atoms with Gasteiger partial charge in [-0.3, -0.25) is 57.7 Å². The largest absolute Gasteiger partial charge is 0.481 e. The van der Waals surface area contributed by atoms with Gasteiger partial charge in [0, 0.05) is 56.0 Å². The molecule has 0 radical (unpaired) electrons. The number of hydrogen-bond donors (Lipinski definition) is 17. The smallest absolute Gasteiger partial charge is 0.328 e. The Kier molecular flexibility index (Phi) is 26.9. The average molecular weight is 1200 g/mol. The van der Waals surface area contributed by atoms with Crippen molar-refractivity contribution in [1.29, 1.82) is 0 Å². The summed E-state index contributed by atoms with van der Waals surface area (Å²) < 4.78 is 0. The van der Waals surface area contributed by atoms with Crippen molar-refractivity contribution in [3.05, 3.63) is 36.0 Å². The minimum absolute atomic E-state index is 0.00192. The van der Waals surface area contributed by atoms with E-state index in [2.05, 4.69) is 47.2 Å². The average Bonchev–Trinajstić information content (AvgIpc) is 2.44. The van der Waals surface area contributed by atoms with Gasteiger partial charge >= 0.3 is 17.9 Å². The number of H-pyrrole nitrogens is 1. The third-order valence-corrected chi connectivity index (χ3v) is 14.3. The predicted octanol–water partition coefficient (Wildman–Crippen LogP) is -5.31. The number of nitrogens with one attached hydrogen (secondary N) is 8. The molecule has 0 aliphatic carbocycles. The van der Waals surface area contributed by atoms with E-state index in [1.807, 2.05) is 0 Å². The van der Waals surface area contributed by atoms with Gasteiger partial charge in [0.15, 0.2) is 12.0 Å². The van der Waals surface area contributed by atoms with Crippen LogP contribution in [0.3, 0.4) is 0 Å². The number of aliphatic hydroxyl groups is 3. The molecule has 2 aliphatic heterocycles. The van der Waals surface area contributed by atoms with Gasteiger partial charge in [0.05, 0.1) is 25.4 Å². The summed E-state index contributed by atoms with van der Waals surface area (Å²) in [5.74, 6) is -13.1. The van der Waals surface area contributed by atoms with Crippen LogP contribution in [0.2, 0.25) is 0 Å². The molecule has 1 aromatic carbocycles. The number of rotatable bonds is 34. The van der Waals surface area contributed by atoms with Gasteiger partial charge in [-0.15, -0.1) is 0 Å². The van der Waals surface area contributed by atoms with Crippen LogP contribution in [0.15, 0.2) is 35.5 Å². The Bertz CT molecular complexity index is 2750. The molecular formula is C53H80N14O18. The van der Waals surface area contributed by atoms with Gasteiger partial charge < -0.3 is 99.8 Å². The number of para-hydroxylation sites is 1. The van der Waals surface area contributed by atoms with Crippen LogP contribution in [0.5, 0.6) is 0 Å². The van der Waals surface area contributed by atoms with E-state index in [9.17, 15) is 83.1 Å². The number of guanidine groups is 1. The molecule has 3 heterocycles. The van der Waals surface area contributed by atoms with Crippen molar-refractivity contribution in [1.82, 2.24) is 52.0 Å². The van der Waals surface area contributed by atoms with Crippen molar-refractivity contribution < 1.29 is 88.2 Å². The lowest BCUT2D eigenvalue weighted by Gasteiger charge is -2.34. The van der Waals surface area contributed by atoms with Crippen molar-refractivity contribution in [2.24, 2.45) is 28.1 Å². The lowest BCUT2D eigenvalue weighted by atomic mass is 10.0. The second-order valence-electron chi connectivity index (χ2n) is 21.3. The predicted molar refractivity (Wildman–Crippen MR) is 300 cm³/mol. The maximum Gasteiger partial charge on any atom is 0.328 e. The first-order valence-electron chi connectivity index (χ1n) is 27.8.